The highest BCUT2D eigenvalue weighted by Gasteiger charge is 2.10. The first-order chi connectivity index (χ1) is 9.58. The molecule has 0 aliphatic rings. The summed E-state index contributed by atoms with van der Waals surface area (Å²) in [6, 6.07) is 6.13. The maximum absolute atomic E-state index is 11.3. The first kappa shape index (κ1) is 17.9. The fourth-order valence-electron chi connectivity index (χ4n) is 1.63. The molecule has 21 heavy (non-hydrogen) atoms. The molecule has 9 heteroatoms. The summed E-state index contributed by atoms with van der Waals surface area (Å²) in [5.74, 6) is -1.05. The van der Waals surface area contributed by atoms with Crippen LogP contribution in [-0.4, -0.2) is 41.3 Å². The molecule has 0 aliphatic carbocycles. The molecule has 0 radical (unpaired) electrons. The summed E-state index contributed by atoms with van der Waals surface area (Å²) >= 11 is 0. The number of aryl methyl sites for hydroxylation is 1. The van der Waals surface area contributed by atoms with Gasteiger partial charge in [-0.3, -0.25) is 4.79 Å². The van der Waals surface area contributed by atoms with E-state index in [-0.39, 0.29) is 4.90 Å². The van der Waals surface area contributed by atoms with Crippen LogP contribution in [0.1, 0.15) is 12.0 Å². The van der Waals surface area contributed by atoms with Gasteiger partial charge >= 0.3 is 0 Å². The molecule has 0 saturated carbocycles. The van der Waals surface area contributed by atoms with Crippen LogP contribution in [0.15, 0.2) is 29.2 Å². The lowest BCUT2D eigenvalue weighted by Crippen LogP contribution is -2.30. The van der Waals surface area contributed by atoms with Gasteiger partial charge in [0.25, 0.3) is 9.05 Å². The minimum atomic E-state index is -3.72. The Morgan fingerprint density at radius 1 is 1.14 bits per heavy atom. The van der Waals surface area contributed by atoms with Crippen molar-refractivity contribution >= 4 is 35.5 Å². The van der Waals surface area contributed by atoms with Gasteiger partial charge in [-0.05, 0) is 30.5 Å². The molecule has 0 heterocycles. The minimum absolute atomic E-state index is 0.0365. The first-order valence-corrected chi connectivity index (χ1v) is 10.4. The van der Waals surface area contributed by atoms with E-state index in [1.165, 1.54) is 12.1 Å². The molecular weight excluding hydrogens is 338 g/mol. The zero-order valence-electron chi connectivity index (χ0n) is 11.4. The minimum Gasteiger partial charge on any atom is -0.355 e. The molecular formula is C12H16ClNO5S2. The summed E-state index contributed by atoms with van der Waals surface area (Å²) in [5.41, 5.74) is 0.899. The van der Waals surface area contributed by atoms with Crippen LogP contribution in [-0.2, 0) is 30.1 Å². The Labute approximate surface area is 128 Å². The van der Waals surface area contributed by atoms with Crippen LogP contribution < -0.4 is 5.32 Å². The fraction of sp³-hybridized carbons (Fsp3) is 0.417. The third-order valence-electron chi connectivity index (χ3n) is 2.56. The quantitative estimate of drug-likeness (QED) is 0.575. The maximum atomic E-state index is 11.3. The number of hydrogen-bond donors (Lipinski definition) is 1. The Balaban J connectivity index is 2.38. The van der Waals surface area contributed by atoms with Gasteiger partial charge < -0.3 is 5.32 Å². The van der Waals surface area contributed by atoms with E-state index in [0.29, 0.717) is 19.4 Å². The summed E-state index contributed by atoms with van der Waals surface area (Å²) < 4.78 is 43.9. The van der Waals surface area contributed by atoms with Crippen molar-refractivity contribution in [2.24, 2.45) is 0 Å². The van der Waals surface area contributed by atoms with Gasteiger partial charge in [0, 0.05) is 23.5 Å². The summed E-state index contributed by atoms with van der Waals surface area (Å²) in [6.07, 6.45) is 2.24. The maximum Gasteiger partial charge on any atom is 0.261 e. The largest absolute Gasteiger partial charge is 0.355 e. The van der Waals surface area contributed by atoms with Gasteiger partial charge in [0.1, 0.15) is 5.75 Å². The van der Waals surface area contributed by atoms with E-state index in [0.717, 1.165) is 11.8 Å². The highest BCUT2D eigenvalue weighted by Crippen LogP contribution is 2.15. The summed E-state index contributed by atoms with van der Waals surface area (Å²) in [6.45, 7) is 0.351. The van der Waals surface area contributed by atoms with Crippen LogP contribution in [0.2, 0.25) is 0 Å². The normalized spacial score (nSPS) is 12.1. The van der Waals surface area contributed by atoms with Crippen molar-refractivity contribution in [3.63, 3.8) is 0 Å². The molecule has 1 aromatic rings. The Kier molecular flexibility index (Phi) is 6.18. The Morgan fingerprint density at radius 2 is 1.71 bits per heavy atom. The number of amides is 1. The molecule has 0 aliphatic heterocycles. The summed E-state index contributed by atoms with van der Waals surface area (Å²) in [5, 5.41) is 2.51. The Hall–Kier alpha value is -1.12. The lowest BCUT2D eigenvalue weighted by Gasteiger charge is -2.05. The van der Waals surface area contributed by atoms with Gasteiger partial charge in [-0.1, -0.05) is 12.1 Å². The molecule has 1 rings (SSSR count). The third-order valence-corrected chi connectivity index (χ3v) is 4.72. The Morgan fingerprint density at radius 3 is 2.19 bits per heavy atom. The lowest BCUT2D eigenvalue weighted by molar-refractivity contribution is -0.118. The molecule has 0 unspecified atom stereocenters. The van der Waals surface area contributed by atoms with Gasteiger partial charge in [0.15, 0.2) is 9.84 Å². The zero-order chi connectivity index (χ0) is 16.1. The van der Waals surface area contributed by atoms with Crippen molar-refractivity contribution in [2.45, 2.75) is 17.7 Å². The second-order valence-electron chi connectivity index (χ2n) is 4.61. The van der Waals surface area contributed by atoms with Crippen molar-refractivity contribution in [1.29, 1.82) is 0 Å². The molecule has 0 aromatic heterocycles. The van der Waals surface area contributed by atoms with Gasteiger partial charge in [-0.2, -0.15) is 0 Å². The zero-order valence-corrected chi connectivity index (χ0v) is 13.8. The second-order valence-corrected chi connectivity index (χ2v) is 9.31. The monoisotopic (exact) mass is 353 g/mol. The number of hydrogen-bond acceptors (Lipinski definition) is 5. The van der Waals surface area contributed by atoms with Crippen molar-refractivity contribution in [2.75, 3.05) is 18.6 Å². The number of halogens is 1. The predicted octanol–water partition coefficient (Wildman–Crippen LogP) is 0.708. The summed E-state index contributed by atoms with van der Waals surface area (Å²) in [4.78, 5) is 11.3. The average molecular weight is 354 g/mol. The second kappa shape index (κ2) is 7.24. The lowest BCUT2D eigenvalue weighted by atomic mass is 10.1. The van der Waals surface area contributed by atoms with Gasteiger partial charge in [-0.25, -0.2) is 16.8 Å². The number of carbonyl (C=O) groups is 1. The average Bonchev–Trinajstić information content (AvgIpc) is 2.32. The van der Waals surface area contributed by atoms with E-state index < -0.39 is 30.5 Å². The molecule has 0 atom stereocenters. The molecule has 0 saturated heterocycles. The van der Waals surface area contributed by atoms with E-state index >= 15 is 0 Å². The first-order valence-electron chi connectivity index (χ1n) is 6.06. The molecule has 0 fully saturated rings. The van der Waals surface area contributed by atoms with Crippen molar-refractivity contribution < 1.29 is 21.6 Å². The SMILES string of the molecule is CS(=O)(=O)CC(=O)NCCCc1ccc(S(=O)(=O)Cl)cc1. The number of benzene rings is 1. The standard InChI is InChI=1S/C12H16ClNO5S2/c1-20(16,17)9-12(15)14-8-2-3-10-4-6-11(7-5-10)21(13,18)19/h4-7H,2-3,8-9H2,1H3,(H,14,15). The number of nitrogens with one attached hydrogen (secondary N) is 1. The highest BCUT2D eigenvalue weighted by molar-refractivity contribution is 8.13. The van der Waals surface area contributed by atoms with Crippen molar-refractivity contribution in [1.82, 2.24) is 5.32 Å². The van der Waals surface area contributed by atoms with E-state index in [4.69, 9.17) is 10.7 Å². The van der Waals surface area contributed by atoms with Gasteiger partial charge in [-0.15, -0.1) is 0 Å². The number of sulfone groups is 1. The Bertz CT molecular complexity index is 696. The highest BCUT2D eigenvalue weighted by atomic mass is 35.7. The molecule has 0 bridgehead atoms. The molecule has 1 N–H and O–H groups in total. The fourth-order valence-corrected chi connectivity index (χ4v) is 2.98. The van der Waals surface area contributed by atoms with Gasteiger partial charge in [0.05, 0.1) is 4.90 Å². The van der Waals surface area contributed by atoms with Crippen LogP contribution in [0.4, 0.5) is 0 Å². The van der Waals surface area contributed by atoms with Crippen LogP contribution in [0.3, 0.4) is 0 Å². The molecule has 6 nitrogen and oxygen atoms in total. The van der Waals surface area contributed by atoms with Crippen molar-refractivity contribution in [3.05, 3.63) is 29.8 Å². The smallest absolute Gasteiger partial charge is 0.261 e. The molecule has 118 valence electrons. The number of carbonyl (C=O) groups excluding carboxylic acids is 1. The molecule has 1 amide bonds. The summed E-state index contributed by atoms with van der Waals surface area (Å²) in [7, 11) is -1.83. The van der Waals surface area contributed by atoms with E-state index in [1.807, 2.05) is 0 Å². The van der Waals surface area contributed by atoms with E-state index in [9.17, 15) is 21.6 Å². The topological polar surface area (TPSA) is 97.4 Å². The number of rotatable bonds is 7. The van der Waals surface area contributed by atoms with Gasteiger partial charge in [0.2, 0.25) is 5.91 Å². The van der Waals surface area contributed by atoms with Crippen LogP contribution in [0.5, 0.6) is 0 Å². The van der Waals surface area contributed by atoms with Crippen molar-refractivity contribution in [3.8, 4) is 0 Å². The third kappa shape index (κ3) is 7.45. The van der Waals surface area contributed by atoms with Crippen LogP contribution in [0.25, 0.3) is 0 Å². The van der Waals surface area contributed by atoms with Crippen LogP contribution in [0, 0.1) is 0 Å². The van der Waals surface area contributed by atoms with E-state index in [2.05, 4.69) is 5.32 Å². The van der Waals surface area contributed by atoms with Crippen LogP contribution >= 0.6 is 10.7 Å². The molecule has 0 spiro atoms. The van der Waals surface area contributed by atoms with E-state index in [1.54, 1.807) is 12.1 Å². The molecule has 1 aromatic carbocycles. The predicted molar refractivity (Wildman–Crippen MR) is 80.5 cm³/mol.